The van der Waals surface area contributed by atoms with Crippen LogP contribution in [0.15, 0.2) is 48.5 Å². The van der Waals surface area contributed by atoms with E-state index in [9.17, 15) is 9.18 Å². The Kier molecular flexibility index (Phi) is 5.71. The Labute approximate surface area is 135 Å². The first-order valence-electron chi connectivity index (χ1n) is 7.45. The van der Waals surface area contributed by atoms with Crippen molar-refractivity contribution < 1.29 is 13.9 Å². The first kappa shape index (κ1) is 17.0. The zero-order valence-electron chi connectivity index (χ0n) is 13.3. The minimum atomic E-state index is -0.454. The Morgan fingerprint density at radius 2 is 1.91 bits per heavy atom. The van der Waals surface area contributed by atoms with E-state index >= 15 is 0 Å². The van der Waals surface area contributed by atoms with Gasteiger partial charge in [-0.3, -0.25) is 4.79 Å². The number of benzene rings is 2. The number of nitrogens with one attached hydrogen (secondary N) is 1. The summed E-state index contributed by atoms with van der Waals surface area (Å²) in [6.07, 6.45) is 0. The zero-order chi connectivity index (χ0) is 16.8. The van der Waals surface area contributed by atoms with Gasteiger partial charge in [0, 0.05) is 6.54 Å². The molecule has 2 unspecified atom stereocenters. The molecule has 122 valence electrons. The molecule has 0 saturated heterocycles. The lowest BCUT2D eigenvalue weighted by molar-refractivity contribution is -0.123. The highest BCUT2D eigenvalue weighted by Gasteiger charge is 2.21. The Balaban J connectivity index is 2.11. The number of carbonyl (C=O) groups excluding carboxylic acids is 1. The summed E-state index contributed by atoms with van der Waals surface area (Å²) < 4.78 is 18.7. The van der Waals surface area contributed by atoms with E-state index in [1.54, 1.807) is 19.1 Å². The molecule has 2 rings (SSSR count). The van der Waals surface area contributed by atoms with E-state index in [-0.39, 0.29) is 24.2 Å². The van der Waals surface area contributed by atoms with Gasteiger partial charge < -0.3 is 15.8 Å². The molecule has 3 N–H and O–H groups in total. The number of amides is 1. The Morgan fingerprint density at radius 1 is 1.22 bits per heavy atom. The predicted octanol–water partition coefficient (Wildman–Crippen LogP) is 2.75. The van der Waals surface area contributed by atoms with Gasteiger partial charge in [0.1, 0.15) is 0 Å². The van der Waals surface area contributed by atoms with Crippen molar-refractivity contribution in [2.45, 2.75) is 18.9 Å². The molecule has 0 aliphatic heterocycles. The fourth-order valence-electron chi connectivity index (χ4n) is 2.43. The van der Waals surface area contributed by atoms with E-state index in [4.69, 9.17) is 10.5 Å². The molecule has 4 nitrogen and oxygen atoms in total. The van der Waals surface area contributed by atoms with E-state index in [1.165, 1.54) is 13.2 Å². The summed E-state index contributed by atoms with van der Waals surface area (Å²) >= 11 is 0. The SMILES string of the molecule is COc1ccc(C(C)NC(=O)C(CN)c2ccccc2)cc1F. The van der Waals surface area contributed by atoms with Crippen molar-refractivity contribution >= 4 is 5.91 Å². The van der Waals surface area contributed by atoms with Crippen LogP contribution in [0.2, 0.25) is 0 Å². The highest BCUT2D eigenvalue weighted by atomic mass is 19.1. The summed E-state index contributed by atoms with van der Waals surface area (Å²) in [7, 11) is 1.41. The van der Waals surface area contributed by atoms with Gasteiger partial charge in [0.25, 0.3) is 0 Å². The molecular weight excluding hydrogens is 295 g/mol. The van der Waals surface area contributed by atoms with Crippen LogP contribution in [0.5, 0.6) is 5.75 Å². The molecule has 0 aliphatic rings. The molecule has 0 bridgehead atoms. The third-order valence-corrected chi connectivity index (χ3v) is 3.79. The fraction of sp³-hybridized carbons (Fsp3) is 0.278. The third kappa shape index (κ3) is 4.07. The molecule has 2 aromatic rings. The molecule has 0 fully saturated rings. The van der Waals surface area contributed by atoms with Crippen LogP contribution in [0.1, 0.15) is 30.0 Å². The molecule has 0 spiro atoms. The van der Waals surface area contributed by atoms with Gasteiger partial charge in [-0.1, -0.05) is 36.4 Å². The van der Waals surface area contributed by atoms with E-state index in [2.05, 4.69) is 5.32 Å². The average Bonchev–Trinajstić information content (AvgIpc) is 2.56. The van der Waals surface area contributed by atoms with Crippen LogP contribution in [0, 0.1) is 5.82 Å². The van der Waals surface area contributed by atoms with E-state index in [0.29, 0.717) is 5.56 Å². The second-order valence-corrected chi connectivity index (χ2v) is 5.32. The van der Waals surface area contributed by atoms with Gasteiger partial charge >= 0.3 is 0 Å². The molecule has 0 heterocycles. The Bertz CT molecular complexity index is 661. The second kappa shape index (κ2) is 7.74. The summed E-state index contributed by atoms with van der Waals surface area (Å²) in [5, 5.41) is 2.88. The maximum atomic E-state index is 13.8. The number of ether oxygens (including phenoxy) is 1. The zero-order valence-corrected chi connectivity index (χ0v) is 13.3. The lowest BCUT2D eigenvalue weighted by atomic mass is 9.97. The molecule has 0 radical (unpaired) electrons. The molecule has 0 saturated carbocycles. The summed E-state index contributed by atoms with van der Waals surface area (Å²) in [6.45, 7) is 2.01. The predicted molar refractivity (Wildman–Crippen MR) is 87.7 cm³/mol. The number of hydrogen-bond acceptors (Lipinski definition) is 3. The molecule has 5 heteroatoms. The summed E-state index contributed by atoms with van der Waals surface area (Å²) in [4.78, 5) is 12.5. The van der Waals surface area contributed by atoms with Gasteiger partial charge in [0.05, 0.1) is 19.1 Å². The van der Waals surface area contributed by atoms with Crippen LogP contribution in [-0.2, 0) is 4.79 Å². The first-order valence-corrected chi connectivity index (χ1v) is 7.45. The number of methoxy groups -OCH3 is 1. The quantitative estimate of drug-likeness (QED) is 0.861. The lowest BCUT2D eigenvalue weighted by Crippen LogP contribution is -2.35. The maximum absolute atomic E-state index is 13.8. The van der Waals surface area contributed by atoms with E-state index in [0.717, 1.165) is 5.56 Å². The van der Waals surface area contributed by atoms with Crippen molar-refractivity contribution in [3.8, 4) is 5.75 Å². The van der Waals surface area contributed by atoms with Gasteiger partial charge in [0.15, 0.2) is 11.6 Å². The van der Waals surface area contributed by atoms with Crippen LogP contribution in [0.4, 0.5) is 4.39 Å². The molecule has 23 heavy (non-hydrogen) atoms. The Morgan fingerprint density at radius 3 is 2.48 bits per heavy atom. The molecule has 0 aromatic heterocycles. The average molecular weight is 316 g/mol. The first-order chi connectivity index (χ1) is 11.1. The molecule has 2 atom stereocenters. The van der Waals surface area contributed by atoms with Crippen LogP contribution in [0.25, 0.3) is 0 Å². The van der Waals surface area contributed by atoms with Crippen molar-refractivity contribution in [2.24, 2.45) is 5.73 Å². The van der Waals surface area contributed by atoms with Gasteiger partial charge in [-0.05, 0) is 30.2 Å². The monoisotopic (exact) mass is 316 g/mol. The lowest BCUT2D eigenvalue weighted by Gasteiger charge is -2.20. The third-order valence-electron chi connectivity index (χ3n) is 3.79. The van der Waals surface area contributed by atoms with Crippen molar-refractivity contribution in [1.82, 2.24) is 5.32 Å². The topological polar surface area (TPSA) is 64.3 Å². The second-order valence-electron chi connectivity index (χ2n) is 5.32. The van der Waals surface area contributed by atoms with Crippen molar-refractivity contribution in [1.29, 1.82) is 0 Å². The van der Waals surface area contributed by atoms with Gasteiger partial charge in [-0.15, -0.1) is 0 Å². The number of hydrogen-bond donors (Lipinski definition) is 2. The summed E-state index contributed by atoms with van der Waals surface area (Å²) in [5.74, 6) is -0.884. The molecular formula is C18H21FN2O2. The highest BCUT2D eigenvalue weighted by molar-refractivity contribution is 5.84. The summed E-state index contributed by atoms with van der Waals surface area (Å²) in [5.41, 5.74) is 7.27. The van der Waals surface area contributed by atoms with Crippen LogP contribution in [0.3, 0.4) is 0 Å². The van der Waals surface area contributed by atoms with Crippen molar-refractivity contribution in [3.05, 3.63) is 65.5 Å². The maximum Gasteiger partial charge on any atom is 0.229 e. The molecule has 0 aliphatic carbocycles. The number of nitrogens with two attached hydrogens (primary N) is 1. The minimum Gasteiger partial charge on any atom is -0.494 e. The number of rotatable bonds is 6. The number of carbonyl (C=O) groups is 1. The van der Waals surface area contributed by atoms with Gasteiger partial charge in [-0.2, -0.15) is 0 Å². The van der Waals surface area contributed by atoms with Gasteiger partial charge in [-0.25, -0.2) is 4.39 Å². The van der Waals surface area contributed by atoms with Crippen molar-refractivity contribution in [3.63, 3.8) is 0 Å². The van der Waals surface area contributed by atoms with Crippen LogP contribution >= 0.6 is 0 Å². The number of halogens is 1. The van der Waals surface area contributed by atoms with Crippen LogP contribution < -0.4 is 15.8 Å². The highest BCUT2D eigenvalue weighted by Crippen LogP contribution is 2.23. The normalized spacial score (nSPS) is 13.2. The van der Waals surface area contributed by atoms with Crippen LogP contribution in [-0.4, -0.2) is 19.6 Å². The van der Waals surface area contributed by atoms with E-state index in [1.807, 2.05) is 30.3 Å². The minimum absolute atomic E-state index is 0.177. The fourth-order valence-corrected chi connectivity index (χ4v) is 2.43. The molecule has 2 aromatic carbocycles. The van der Waals surface area contributed by atoms with E-state index < -0.39 is 11.7 Å². The molecule has 1 amide bonds. The largest absolute Gasteiger partial charge is 0.494 e. The van der Waals surface area contributed by atoms with Gasteiger partial charge in [0.2, 0.25) is 5.91 Å². The summed E-state index contributed by atoms with van der Waals surface area (Å²) in [6, 6.07) is 13.7. The Hall–Kier alpha value is -2.40. The standard InChI is InChI=1S/C18H21FN2O2/c1-12(14-8-9-17(23-2)16(19)10-14)21-18(22)15(11-20)13-6-4-3-5-7-13/h3-10,12,15H,11,20H2,1-2H3,(H,21,22). The smallest absolute Gasteiger partial charge is 0.229 e. The van der Waals surface area contributed by atoms with Crippen molar-refractivity contribution in [2.75, 3.05) is 13.7 Å².